The first-order chi connectivity index (χ1) is 8.40. The Hall–Kier alpha value is -1.51. The van der Waals surface area contributed by atoms with Crippen LogP contribution in [0.2, 0.25) is 0 Å². The maximum atomic E-state index is 11.9. The minimum atomic E-state index is -0.282. The van der Waals surface area contributed by atoms with Crippen LogP contribution >= 0.6 is 0 Å². The fourth-order valence-corrected chi connectivity index (χ4v) is 2.03. The molecule has 0 bridgehead atoms. The van der Waals surface area contributed by atoms with E-state index in [1.54, 1.807) is 12.1 Å². The standard InChI is InChI=1S/C15H23NO2/c1-10(2)7-11(3)9-18-15(17)14-8-13(16)6-5-12(14)4/h5-6,8,10-11H,7,9,16H2,1-4H3. The van der Waals surface area contributed by atoms with Gasteiger partial charge in [0.1, 0.15) is 0 Å². The van der Waals surface area contributed by atoms with Crippen molar-refractivity contribution in [1.29, 1.82) is 0 Å². The highest BCUT2D eigenvalue weighted by atomic mass is 16.5. The van der Waals surface area contributed by atoms with E-state index in [9.17, 15) is 4.79 Å². The number of nitrogen functional groups attached to an aromatic ring is 1. The molecule has 0 fully saturated rings. The topological polar surface area (TPSA) is 52.3 Å². The van der Waals surface area contributed by atoms with E-state index in [1.165, 1.54) is 0 Å². The van der Waals surface area contributed by atoms with Gasteiger partial charge in [0.15, 0.2) is 0 Å². The normalized spacial score (nSPS) is 12.5. The first-order valence-corrected chi connectivity index (χ1v) is 6.43. The zero-order chi connectivity index (χ0) is 13.7. The van der Waals surface area contributed by atoms with Crippen LogP contribution in [0.3, 0.4) is 0 Å². The van der Waals surface area contributed by atoms with Gasteiger partial charge in [-0.2, -0.15) is 0 Å². The number of anilines is 1. The summed E-state index contributed by atoms with van der Waals surface area (Å²) < 4.78 is 5.33. The second kappa shape index (κ2) is 6.43. The SMILES string of the molecule is Cc1ccc(N)cc1C(=O)OCC(C)CC(C)C. The van der Waals surface area contributed by atoms with Gasteiger partial charge in [-0.3, -0.25) is 0 Å². The number of carbonyl (C=O) groups excluding carboxylic acids is 1. The van der Waals surface area contributed by atoms with Gasteiger partial charge in [0, 0.05) is 5.69 Å². The Balaban J connectivity index is 2.58. The van der Waals surface area contributed by atoms with Crippen molar-refractivity contribution in [3.05, 3.63) is 29.3 Å². The van der Waals surface area contributed by atoms with Crippen molar-refractivity contribution in [2.24, 2.45) is 11.8 Å². The van der Waals surface area contributed by atoms with Crippen LogP contribution in [0, 0.1) is 18.8 Å². The van der Waals surface area contributed by atoms with Crippen LogP contribution in [0.25, 0.3) is 0 Å². The fourth-order valence-electron chi connectivity index (χ4n) is 2.03. The molecule has 0 aromatic heterocycles. The van der Waals surface area contributed by atoms with Crippen LogP contribution in [0.5, 0.6) is 0 Å². The first kappa shape index (κ1) is 14.6. The molecule has 18 heavy (non-hydrogen) atoms. The molecule has 0 spiro atoms. The predicted octanol–water partition coefficient (Wildman–Crippen LogP) is 3.42. The lowest BCUT2D eigenvalue weighted by atomic mass is 10.00. The summed E-state index contributed by atoms with van der Waals surface area (Å²) in [6.45, 7) is 8.78. The molecule has 0 amide bonds. The molecule has 1 unspecified atom stereocenters. The van der Waals surface area contributed by atoms with Gasteiger partial charge >= 0.3 is 5.97 Å². The van der Waals surface area contributed by atoms with Crippen molar-refractivity contribution in [3.63, 3.8) is 0 Å². The summed E-state index contributed by atoms with van der Waals surface area (Å²) in [6.07, 6.45) is 1.06. The Morgan fingerprint density at radius 3 is 2.61 bits per heavy atom. The van der Waals surface area contributed by atoms with Crippen molar-refractivity contribution in [2.75, 3.05) is 12.3 Å². The molecule has 1 aromatic rings. The van der Waals surface area contributed by atoms with Gasteiger partial charge in [-0.15, -0.1) is 0 Å². The zero-order valence-electron chi connectivity index (χ0n) is 11.7. The summed E-state index contributed by atoms with van der Waals surface area (Å²) >= 11 is 0. The summed E-state index contributed by atoms with van der Waals surface area (Å²) in [5, 5.41) is 0. The Bertz CT molecular complexity index is 413. The molecule has 0 aliphatic carbocycles. The third kappa shape index (κ3) is 4.40. The molecule has 3 nitrogen and oxygen atoms in total. The Kier molecular flexibility index (Phi) is 5.20. The number of carbonyl (C=O) groups is 1. The molecule has 0 radical (unpaired) electrons. The van der Waals surface area contributed by atoms with E-state index in [2.05, 4.69) is 20.8 Å². The van der Waals surface area contributed by atoms with Gasteiger partial charge in [-0.05, 0) is 42.9 Å². The van der Waals surface area contributed by atoms with Crippen molar-refractivity contribution >= 4 is 11.7 Å². The summed E-state index contributed by atoms with van der Waals surface area (Å²) in [5.41, 5.74) is 7.72. The second-order valence-electron chi connectivity index (χ2n) is 5.41. The van der Waals surface area contributed by atoms with Crippen LogP contribution in [0.15, 0.2) is 18.2 Å². The number of hydrogen-bond donors (Lipinski definition) is 1. The van der Waals surface area contributed by atoms with Gasteiger partial charge in [0.25, 0.3) is 0 Å². The van der Waals surface area contributed by atoms with Crippen molar-refractivity contribution < 1.29 is 9.53 Å². The lowest BCUT2D eigenvalue weighted by molar-refractivity contribution is 0.0435. The third-order valence-corrected chi connectivity index (χ3v) is 2.85. The van der Waals surface area contributed by atoms with Crippen molar-refractivity contribution in [3.8, 4) is 0 Å². The van der Waals surface area contributed by atoms with Crippen LogP contribution in [0.4, 0.5) is 5.69 Å². The number of ether oxygens (including phenoxy) is 1. The summed E-state index contributed by atoms with van der Waals surface area (Å²) in [7, 11) is 0. The average Bonchev–Trinajstić information content (AvgIpc) is 2.28. The largest absolute Gasteiger partial charge is 0.462 e. The van der Waals surface area contributed by atoms with E-state index in [-0.39, 0.29) is 5.97 Å². The second-order valence-corrected chi connectivity index (χ2v) is 5.41. The molecule has 100 valence electrons. The molecule has 3 heteroatoms. The van der Waals surface area contributed by atoms with Crippen molar-refractivity contribution in [1.82, 2.24) is 0 Å². The number of nitrogens with two attached hydrogens (primary N) is 1. The average molecular weight is 249 g/mol. The van der Waals surface area contributed by atoms with E-state index in [4.69, 9.17) is 10.5 Å². The van der Waals surface area contributed by atoms with E-state index in [0.717, 1.165) is 12.0 Å². The Morgan fingerprint density at radius 2 is 2.00 bits per heavy atom. The van der Waals surface area contributed by atoms with Gasteiger partial charge in [-0.25, -0.2) is 4.79 Å². The number of aryl methyl sites for hydroxylation is 1. The molecule has 2 N–H and O–H groups in total. The summed E-state index contributed by atoms with van der Waals surface area (Å²) in [6, 6.07) is 5.29. The van der Waals surface area contributed by atoms with E-state index in [0.29, 0.717) is 29.7 Å². The Labute approximate surface area is 109 Å². The zero-order valence-corrected chi connectivity index (χ0v) is 11.7. The fraction of sp³-hybridized carbons (Fsp3) is 0.533. The highest BCUT2D eigenvalue weighted by Crippen LogP contribution is 2.16. The highest BCUT2D eigenvalue weighted by molar-refractivity contribution is 5.92. The molecule has 0 heterocycles. The molecule has 1 rings (SSSR count). The van der Waals surface area contributed by atoms with E-state index in [1.807, 2.05) is 13.0 Å². The van der Waals surface area contributed by atoms with Gasteiger partial charge in [-0.1, -0.05) is 26.8 Å². The molecule has 0 saturated carbocycles. The van der Waals surface area contributed by atoms with Crippen LogP contribution < -0.4 is 5.73 Å². The smallest absolute Gasteiger partial charge is 0.338 e. The molecule has 0 aliphatic rings. The number of benzene rings is 1. The van der Waals surface area contributed by atoms with Crippen LogP contribution in [-0.2, 0) is 4.74 Å². The molecular weight excluding hydrogens is 226 g/mol. The molecule has 1 atom stereocenters. The van der Waals surface area contributed by atoms with Gasteiger partial charge < -0.3 is 10.5 Å². The molecule has 0 saturated heterocycles. The number of rotatable bonds is 5. The lowest BCUT2D eigenvalue weighted by Gasteiger charge is -2.14. The van der Waals surface area contributed by atoms with E-state index < -0.39 is 0 Å². The van der Waals surface area contributed by atoms with E-state index >= 15 is 0 Å². The molecule has 1 aromatic carbocycles. The molecule has 0 aliphatic heterocycles. The van der Waals surface area contributed by atoms with Crippen molar-refractivity contribution in [2.45, 2.75) is 34.1 Å². The summed E-state index contributed by atoms with van der Waals surface area (Å²) in [5.74, 6) is 0.721. The predicted molar refractivity (Wildman–Crippen MR) is 74.5 cm³/mol. The third-order valence-electron chi connectivity index (χ3n) is 2.85. The van der Waals surface area contributed by atoms with Gasteiger partial charge in [0.2, 0.25) is 0 Å². The van der Waals surface area contributed by atoms with Gasteiger partial charge in [0.05, 0.1) is 12.2 Å². The quantitative estimate of drug-likeness (QED) is 0.642. The number of hydrogen-bond acceptors (Lipinski definition) is 3. The minimum Gasteiger partial charge on any atom is -0.462 e. The highest BCUT2D eigenvalue weighted by Gasteiger charge is 2.13. The first-order valence-electron chi connectivity index (χ1n) is 6.43. The Morgan fingerprint density at radius 1 is 1.33 bits per heavy atom. The monoisotopic (exact) mass is 249 g/mol. The maximum absolute atomic E-state index is 11.9. The lowest BCUT2D eigenvalue weighted by Crippen LogP contribution is -2.14. The minimum absolute atomic E-state index is 0.282. The van der Waals surface area contributed by atoms with Crippen LogP contribution in [0.1, 0.15) is 43.1 Å². The number of esters is 1. The van der Waals surface area contributed by atoms with Crippen LogP contribution in [-0.4, -0.2) is 12.6 Å². The summed E-state index contributed by atoms with van der Waals surface area (Å²) in [4.78, 5) is 11.9. The maximum Gasteiger partial charge on any atom is 0.338 e. The molecular formula is C15H23NO2.